The Balaban J connectivity index is 1.74. The van der Waals surface area contributed by atoms with Crippen molar-refractivity contribution in [1.82, 2.24) is 10.2 Å². The molecule has 0 bridgehead atoms. The maximum atomic E-state index is 5.80. The Morgan fingerprint density at radius 3 is 2.70 bits per heavy atom. The van der Waals surface area contributed by atoms with Crippen LogP contribution in [0.15, 0.2) is 16.5 Å². The van der Waals surface area contributed by atoms with Gasteiger partial charge in [0.15, 0.2) is 0 Å². The Hall–Kier alpha value is -0.800. The zero-order chi connectivity index (χ0) is 14.3. The summed E-state index contributed by atoms with van der Waals surface area (Å²) in [5.74, 6) is 3.66. The molecule has 2 aliphatic rings. The average Bonchev–Trinajstić information content (AvgIpc) is 3.15. The molecule has 2 fully saturated rings. The predicted molar refractivity (Wildman–Crippen MR) is 81.6 cm³/mol. The molecule has 0 spiro atoms. The molecule has 3 rings (SSSR count). The first-order chi connectivity index (χ1) is 9.48. The molecule has 1 saturated heterocycles. The molecule has 1 aromatic rings. The van der Waals surface area contributed by atoms with Gasteiger partial charge in [0, 0.05) is 24.7 Å². The first-order valence-electron chi connectivity index (χ1n) is 8.02. The van der Waals surface area contributed by atoms with Crippen molar-refractivity contribution in [2.75, 3.05) is 13.1 Å². The number of aryl methyl sites for hydroxylation is 1. The van der Waals surface area contributed by atoms with E-state index in [0.29, 0.717) is 17.5 Å². The largest absolute Gasteiger partial charge is 0.465 e. The van der Waals surface area contributed by atoms with Crippen molar-refractivity contribution in [3.63, 3.8) is 0 Å². The van der Waals surface area contributed by atoms with Crippen LogP contribution in [-0.4, -0.2) is 29.6 Å². The number of piperazine rings is 1. The molecule has 20 heavy (non-hydrogen) atoms. The second-order valence-electron chi connectivity index (χ2n) is 7.30. The van der Waals surface area contributed by atoms with E-state index in [1.807, 2.05) is 6.92 Å². The normalized spacial score (nSPS) is 31.9. The lowest BCUT2D eigenvalue weighted by atomic mass is 9.88. The standard InChI is InChI=1S/C17H28N2O/c1-12(2)16-9-18-17(4,14-6-7-14)11-19(16)10-15-8-5-13(3)20-15/h5,8,12,14,16,18H,6-7,9-11H2,1-4H3. The minimum atomic E-state index is 0.299. The van der Waals surface area contributed by atoms with Crippen LogP contribution in [0.1, 0.15) is 45.1 Å². The molecule has 0 amide bonds. The van der Waals surface area contributed by atoms with Gasteiger partial charge in [-0.15, -0.1) is 0 Å². The first kappa shape index (κ1) is 14.2. The third-order valence-electron chi connectivity index (χ3n) is 5.12. The van der Waals surface area contributed by atoms with Crippen LogP contribution in [0.5, 0.6) is 0 Å². The molecule has 0 radical (unpaired) electrons. The quantitative estimate of drug-likeness (QED) is 0.915. The minimum absolute atomic E-state index is 0.299. The average molecular weight is 276 g/mol. The second-order valence-corrected chi connectivity index (χ2v) is 7.30. The van der Waals surface area contributed by atoms with Gasteiger partial charge in [0.25, 0.3) is 0 Å². The fourth-order valence-corrected chi connectivity index (χ4v) is 3.66. The van der Waals surface area contributed by atoms with Gasteiger partial charge in [-0.1, -0.05) is 13.8 Å². The smallest absolute Gasteiger partial charge is 0.118 e. The molecule has 1 aliphatic heterocycles. The van der Waals surface area contributed by atoms with Crippen LogP contribution in [0.2, 0.25) is 0 Å². The van der Waals surface area contributed by atoms with Gasteiger partial charge in [0.2, 0.25) is 0 Å². The highest BCUT2D eigenvalue weighted by Crippen LogP contribution is 2.42. The van der Waals surface area contributed by atoms with Crippen molar-refractivity contribution >= 4 is 0 Å². The van der Waals surface area contributed by atoms with Gasteiger partial charge in [-0.2, -0.15) is 0 Å². The van der Waals surface area contributed by atoms with Crippen LogP contribution in [0.3, 0.4) is 0 Å². The van der Waals surface area contributed by atoms with Gasteiger partial charge >= 0.3 is 0 Å². The van der Waals surface area contributed by atoms with Crippen molar-refractivity contribution in [2.24, 2.45) is 11.8 Å². The third-order valence-corrected chi connectivity index (χ3v) is 5.12. The van der Waals surface area contributed by atoms with Crippen LogP contribution in [0, 0.1) is 18.8 Å². The highest BCUT2D eigenvalue weighted by molar-refractivity contribution is 5.09. The number of hydrogen-bond acceptors (Lipinski definition) is 3. The molecule has 2 unspecified atom stereocenters. The van der Waals surface area contributed by atoms with Gasteiger partial charge < -0.3 is 9.73 Å². The summed E-state index contributed by atoms with van der Waals surface area (Å²) in [7, 11) is 0. The maximum absolute atomic E-state index is 5.80. The summed E-state index contributed by atoms with van der Waals surface area (Å²) in [4.78, 5) is 2.64. The molecular formula is C17H28N2O. The van der Waals surface area contributed by atoms with Crippen LogP contribution in [-0.2, 0) is 6.54 Å². The Kier molecular flexibility index (Phi) is 3.67. The summed E-state index contributed by atoms with van der Waals surface area (Å²) in [5.41, 5.74) is 0.299. The van der Waals surface area contributed by atoms with Crippen LogP contribution >= 0.6 is 0 Å². The van der Waals surface area contributed by atoms with Crippen molar-refractivity contribution < 1.29 is 4.42 Å². The predicted octanol–water partition coefficient (Wildman–Crippen LogP) is 3.19. The number of furan rings is 1. The maximum Gasteiger partial charge on any atom is 0.118 e. The molecule has 0 aromatic carbocycles. The molecule has 1 aliphatic carbocycles. The molecule has 3 heteroatoms. The van der Waals surface area contributed by atoms with Crippen molar-refractivity contribution in [2.45, 2.75) is 58.7 Å². The number of nitrogens with zero attached hydrogens (tertiary/aromatic N) is 1. The number of rotatable bonds is 4. The lowest BCUT2D eigenvalue weighted by Gasteiger charge is -2.48. The van der Waals surface area contributed by atoms with Crippen LogP contribution in [0.4, 0.5) is 0 Å². The van der Waals surface area contributed by atoms with Crippen molar-refractivity contribution in [3.05, 3.63) is 23.7 Å². The van der Waals surface area contributed by atoms with E-state index in [1.165, 1.54) is 12.8 Å². The van der Waals surface area contributed by atoms with E-state index < -0.39 is 0 Å². The fourth-order valence-electron chi connectivity index (χ4n) is 3.66. The fraction of sp³-hybridized carbons (Fsp3) is 0.765. The summed E-state index contributed by atoms with van der Waals surface area (Å²) in [5, 5.41) is 3.84. The summed E-state index contributed by atoms with van der Waals surface area (Å²) in [6, 6.07) is 4.80. The van der Waals surface area contributed by atoms with E-state index in [1.54, 1.807) is 0 Å². The monoisotopic (exact) mass is 276 g/mol. The lowest BCUT2D eigenvalue weighted by molar-refractivity contribution is 0.0411. The van der Waals surface area contributed by atoms with E-state index in [0.717, 1.165) is 37.1 Å². The zero-order valence-corrected chi connectivity index (χ0v) is 13.3. The van der Waals surface area contributed by atoms with E-state index in [-0.39, 0.29) is 0 Å². The molecule has 3 nitrogen and oxygen atoms in total. The molecule has 2 atom stereocenters. The number of nitrogens with one attached hydrogen (secondary N) is 1. The molecular weight excluding hydrogens is 248 g/mol. The SMILES string of the molecule is Cc1ccc(CN2CC(C)(C3CC3)NCC2C(C)C)o1. The molecule has 1 N–H and O–H groups in total. The summed E-state index contributed by atoms with van der Waals surface area (Å²) >= 11 is 0. The van der Waals surface area contributed by atoms with Gasteiger partial charge in [0.05, 0.1) is 6.54 Å². The lowest BCUT2D eigenvalue weighted by Crippen LogP contribution is -2.64. The van der Waals surface area contributed by atoms with Crippen molar-refractivity contribution in [1.29, 1.82) is 0 Å². The van der Waals surface area contributed by atoms with Crippen molar-refractivity contribution in [3.8, 4) is 0 Å². The molecule has 1 aromatic heterocycles. The Morgan fingerprint density at radius 1 is 1.40 bits per heavy atom. The third kappa shape index (κ3) is 2.79. The molecule has 2 heterocycles. The highest BCUT2D eigenvalue weighted by atomic mass is 16.3. The minimum Gasteiger partial charge on any atom is -0.465 e. The van der Waals surface area contributed by atoms with E-state index in [9.17, 15) is 0 Å². The van der Waals surface area contributed by atoms with Gasteiger partial charge in [-0.3, -0.25) is 4.90 Å². The number of hydrogen-bond donors (Lipinski definition) is 1. The molecule has 1 saturated carbocycles. The van der Waals surface area contributed by atoms with Crippen LogP contribution in [0.25, 0.3) is 0 Å². The van der Waals surface area contributed by atoms with E-state index in [2.05, 4.69) is 43.1 Å². The van der Waals surface area contributed by atoms with Gasteiger partial charge in [-0.25, -0.2) is 0 Å². The first-order valence-corrected chi connectivity index (χ1v) is 8.02. The Morgan fingerprint density at radius 2 is 2.15 bits per heavy atom. The van der Waals surface area contributed by atoms with Gasteiger partial charge in [-0.05, 0) is 50.7 Å². The van der Waals surface area contributed by atoms with E-state index >= 15 is 0 Å². The van der Waals surface area contributed by atoms with E-state index in [4.69, 9.17) is 4.42 Å². The second kappa shape index (κ2) is 5.19. The molecule has 112 valence electrons. The summed E-state index contributed by atoms with van der Waals surface area (Å²) in [6.45, 7) is 12.3. The van der Waals surface area contributed by atoms with Crippen LogP contribution < -0.4 is 5.32 Å². The highest BCUT2D eigenvalue weighted by Gasteiger charge is 2.46. The summed E-state index contributed by atoms with van der Waals surface area (Å²) < 4.78 is 5.80. The summed E-state index contributed by atoms with van der Waals surface area (Å²) in [6.07, 6.45) is 2.78. The topological polar surface area (TPSA) is 28.4 Å². The Bertz CT molecular complexity index is 463. The van der Waals surface area contributed by atoms with Gasteiger partial charge in [0.1, 0.15) is 11.5 Å². The zero-order valence-electron chi connectivity index (χ0n) is 13.3. The Labute approximate surface area is 122 Å².